The second-order valence-corrected chi connectivity index (χ2v) is 3.68. The van der Waals surface area contributed by atoms with Crippen LogP contribution in [0.4, 0.5) is 4.39 Å². The summed E-state index contributed by atoms with van der Waals surface area (Å²) in [6.07, 6.45) is 0. The van der Waals surface area contributed by atoms with Crippen molar-refractivity contribution in [3.8, 4) is 0 Å². The van der Waals surface area contributed by atoms with Crippen molar-refractivity contribution >= 4 is 11.7 Å². The van der Waals surface area contributed by atoms with Crippen molar-refractivity contribution in [3.63, 3.8) is 0 Å². The topological polar surface area (TPSA) is 87.7 Å². The molecule has 6 heteroatoms. The molecule has 1 aromatic carbocycles. The van der Waals surface area contributed by atoms with Crippen molar-refractivity contribution in [1.82, 2.24) is 5.32 Å². The molecule has 1 rings (SSSR count). The number of aryl methyl sites for hydroxylation is 1. The maximum Gasteiger partial charge on any atom is 0.252 e. The third-order valence-electron chi connectivity index (χ3n) is 2.35. The first-order chi connectivity index (χ1) is 7.95. The minimum absolute atomic E-state index is 0.118. The maximum atomic E-state index is 13.0. The highest BCUT2D eigenvalue weighted by molar-refractivity contribution is 5.99. The minimum atomic E-state index is -0.629. The second-order valence-electron chi connectivity index (χ2n) is 3.68. The number of nitrogens with one attached hydrogen (secondary N) is 1. The number of carbonyl (C=O) groups is 1. The average Bonchev–Trinajstić information content (AvgIpc) is 2.30. The molecule has 1 amide bonds. The summed E-state index contributed by atoms with van der Waals surface area (Å²) in [7, 11) is 0. The molecule has 0 heterocycles. The molecule has 0 bridgehead atoms. The van der Waals surface area contributed by atoms with Crippen molar-refractivity contribution < 1.29 is 14.4 Å². The molecular formula is C11H14FN3O2. The van der Waals surface area contributed by atoms with Gasteiger partial charge in [0.25, 0.3) is 5.91 Å². The number of amides is 1. The number of oxime groups is 1. The van der Waals surface area contributed by atoms with Crippen LogP contribution in [0.5, 0.6) is 0 Å². The molecule has 0 aliphatic rings. The Kier molecular flexibility index (Phi) is 4.03. The summed E-state index contributed by atoms with van der Waals surface area (Å²) in [5.74, 6) is -1.08. The Labute approximate surface area is 98.1 Å². The van der Waals surface area contributed by atoms with Crippen molar-refractivity contribution in [1.29, 1.82) is 0 Å². The van der Waals surface area contributed by atoms with E-state index in [1.54, 1.807) is 13.8 Å². The van der Waals surface area contributed by atoms with Crippen LogP contribution in [0, 0.1) is 12.7 Å². The molecule has 0 saturated heterocycles. The summed E-state index contributed by atoms with van der Waals surface area (Å²) in [6.45, 7) is 3.25. The van der Waals surface area contributed by atoms with Crippen LogP contribution in [0.25, 0.3) is 0 Å². The predicted octanol–water partition coefficient (Wildman–Crippen LogP) is 0.999. The predicted molar refractivity (Wildman–Crippen MR) is 61.5 cm³/mol. The van der Waals surface area contributed by atoms with Crippen LogP contribution in [-0.4, -0.2) is 23.0 Å². The third kappa shape index (κ3) is 3.17. The van der Waals surface area contributed by atoms with E-state index in [9.17, 15) is 9.18 Å². The summed E-state index contributed by atoms with van der Waals surface area (Å²) < 4.78 is 13.0. The van der Waals surface area contributed by atoms with E-state index in [4.69, 9.17) is 10.9 Å². The standard InChI is InChI=1S/C11H14FN3O2/c1-6-3-4-8(12)5-9(6)11(16)14-7(2)10(13)15-17/h3-5,7,17H,1-2H3,(H2,13,15)(H,14,16). The number of rotatable bonds is 3. The lowest BCUT2D eigenvalue weighted by atomic mass is 10.1. The Morgan fingerprint density at radius 2 is 2.24 bits per heavy atom. The van der Waals surface area contributed by atoms with Gasteiger partial charge in [-0.05, 0) is 31.5 Å². The normalized spacial score (nSPS) is 13.2. The second kappa shape index (κ2) is 5.29. The molecule has 92 valence electrons. The summed E-state index contributed by atoms with van der Waals surface area (Å²) in [5, 5.41) is 13.7. The van der Waals surface area contributed by atoms with Gasteiger partial charge >= 0.3 is 0 Å². The lowest BCUT2D eigenvalue weighted by Gasteiger charge is -2.13. The van der Waals surface area contributed by atoms with E-state index < -0.39 is 17.8 Å². The summed E-state index contributed by atoms with van der Waals surface area (Å²) >= 11 is 0. The molecule has 17 heavy (non-hydrogen) atoms. The highest BCUT2D eigenvalue weighted by Crippen LogP contribution is 2.10. The number of nitrogens with two attached hydrogens (primary N) is 1. The van der Waals surface area contributed by atoms with Gasteiger partial charge in [0.05, 0.1) is 6.04 Å². The number of hydrogen-bond donors (Lipinski definition) is 3. The lowest BCUT2D eigenvalue weighted by Crippen LogP contribution is -2.42. The van der Waals surface area contributed by atoms with Crippen molar-refractivity contribution in [2.24, 2.45) is 10.9 Å². The molecule has 1 aromatic rings. The number of hydrogen-bond acceptors (Lipinski definition) is 3. The third-order valence-corrected chi connectivity index (χ3v) is 2.35. The molecule has 1 unspecified atom stereocenters. The molecule has 0 fully saturated rings. The number of benzene rings is 1. The molecule has 0 radical (unpaired) electrons. The Hall–Kier alpha value is -2.11. The molecule has 0 saturated carbocycles. The molecule has 0 aliphatic heterocycles. The van der Waals surface area contributed by atoms with Crippen molar-refractivity contribution in [3.05, 3.63) is 35.1 Å². The minimum Gasteiger partial charge on any atom is -0.409 e. The number of halogens is 1. The van der Waals surface area contributed by atoms with Crippen LogP contribution >= 0.6 is 0 Å². The van der Waals surface area contributed by atoms with Gasteiger partial charge in [0, 0.05) is 5.56 Å². The van der Waals surface area contributed by atoms with Gasteiger partial charge in [0.15, 0.2) is 5.84 Å². The van der Waals surface area contributed by atoms with E-state index in [0.717, 1.165) is 6.07 Å². The van der Waals surface area contributed by atoms with E-state index in [2.05, 4.69) is 10.5 Å². The van der Waals surface area contributed by atoms with Gasteiger partial charge < -0.3 is 16.3 Å². The quantitative estimate of drug-likeness (QED) is 0.318. The Morgan fingerprint density at radius 3 is 2.82 bits per heavy atom. The summed E-state index contributed by atoms with van der Waals surface area (Å²) in [6, 6.07) is 3.30. The zero-order valence-electron chi connectivity index (χ0n) is 9.57. The summed E-state index contributed by atoms with van der Waals surface area (Å²) in [5.41, 5.74) is 6.20. The van der Waals surface area contributed by atoms with Gasteiger partial charge in [-0.2, -0.15) is 0 Å². The molecule has 0 aromatic heterocycles. The van der Waals surface area contributed by atoms with Gasteiger partial charge in [-0.15, -0.1) is 0 Å². The Bertz CT molecular complexity index is 460. The first kappa shape index (κ1) is 13.0. The van der Waals surface area contributed by atoms with Crippen molar-refractivity contribution in [2.75, 3.05) is 0 Å². The van der Waals surface area contributed by atoms with Gasteiger partial charge in [0.2, 0.25) is 0 Å². The zero-order chi connectivity index (χ0) is 13.0. The monoisotopic (exact) mass is 239 g/mol. The SMILES string of the molecule is Cc1ccc(F)cc1C(=O)NC(C)/C(N)=N/O. The maximum absolute atomic E-state index is 13.0. The van der Waals surface area contributed by atoms with Crippen LogP contribution in [0.2, 0.25) is 0 Å². The Morgan fingerprint density at radius 1 is 1.59 bits per heavy atom. The largest absolute Gasteiger partial charge is 0.409 e. The van der Waals surface area contributed by atoms with E-state index in [0.29, 0.717) is 5.56 Å². The van der Waals surface area contributed by atoms with E-state index in [1.165, 1.54) is 12.1 Å². The van der Waals surface area contributed by atoms with Gasteiger partial charge in [-0.3, -0.25) is 4.79 Å². The lowest BCUT2D eigenvalue weighted by molar-refractivity contribution is 0.0947. The average molecular weight is 239 g/mol. The van der Waals surface area contributed by atoms with Crippen LogP contribution < -0.4 is 11.1 Å². The fraction of sp³-hybridized carbons (Fsp3) is 0.273. The smallest absolute Gasteiger partial charge is 0.252 e. The van der Waals surface area contributed by atoms with Crippen LogP contribution in [-0.2, 0) is 0 Å². The number of carbonyl (C=O) groups excluding carboxylic acids is 1. The number of nitrogens with zero attached hydrogens (tertiary/aromatic N) is 1. The number of amidine groups is 1. The molecule has 0 spiro atoms. The van der Waals surface area contributed by atoms with E-state index in [-0.39, 0.29) is 11.4 Å². The van der Waals surface area contributed by atoms with Crippen LogP contribution in [0.15, 0.2) is 23.4 Å². The molecular weight excluding hydrogens is 225 g/mol. The first-order valence-electron chi connectivity index (χ1n) is 5.00. The first-order valence-corrected chi connectivity index (χ1v) is 5.00. The van der Waals surface area contributed by atoms with E-state index >= 15 is 0 Å². The van der Waals surface area contributed by atoms with Crippen molar-refractivity contribution in [2.45, 2.75) is 19.9 Å². The highest BCUT2D eigenvalue weighted by atomic mass is 19.1. The molecule has 1 atom stereocenters. The molecule has 0 aliphatic carbocycles. The highest BCUT2D eigenvalue weighted by Gasteiger charge is 2.15. The van der Waals surface area contributed by atoms with Crippen LogP contribution in [0.1, 0.15) is 22.8 Å². The molecule has 5 nitrogen and oxygen atoms in total. The zero-order valence-corrected chi connectivity index (χ0v) is 9.57. The fourth-order valence-corrected chi connectivity index (χ4v) is 1.27. The summed E-state index contributed by atoms with van der Waals surface area (Å²) in [4.78, 5) is 11.8. The van der Waals surface area contributed by atoms with E-state index in [1.807, 2.05) is 0 Å². The van der Waals surface area contributed by atoms with Gasteiger partial charge in [0.1, 0.15) is 5.82 Å². The van der Waals surface area contributed by atoms with Gasteiger partial charge in [-0.1, -0.05) is 11.2 Å². The fourth-order valence-electron chi connectivity index (χ4n) is 1.27. The van der Waals surface area contributed by atoms with Crippen LogP contribution in [0.3, 0.4) is 0 Å². The van der Waals surface area contributed by atoms with Gasteiger partial charge in [-0.25, -0.2) is 4.39 Å². The molecule has 4 N–H and O–H groups in total. The Balaban J connectivity index is 2.87.